The molecule has 0 aromatic heterocycles. The van der Waals surface area contributed by atoms with Gasteiger partial charge in [0.1, 0.15) is 13.8 Å². The molecule has 27 heavy (non-hydrogen) atoms. The van der Waals surface area contributed by atoms with E-state index in [-0.39, 0.29) is 0 Å². The van der Waals surface area contributed by atoms with Gasteiger partial charge in [-0.25, -0.2) is 13.4 Å². The molecule has 150 valence electrons. The van der Waals surface area contributed by atoms with E-state index in [1.54, 1.807) is 23.8 Å². The molecule has 0 aliphatic heterocycles. The van der Waals surface area contributed by atoms with Crippen LogP contribution < -0.4 is 0 Å². The van der Waals surface area contributed by atoms with E-state index in [9.17, 15) is 8.78 Å². The predicted octanol–water partition coefficient (Wildman–Crippen LogP) is 6.37. The van der Waals surface area contributed by atoms with E-state index < -0.39 is 11.6 Å². The predicted molar refractivity (Wildman–Crippen MR) is 108 cm³/mol. The van der Waals surface area contributed by atoms with Gasteiger partial charge in [0, 0.05) is 0 Å². The van der Waals surface area contributed by atoms with Crippen LogP contribution in [0.1, 0.15) is 75.8 Å². The summed E-state index contributed by atoms with van der Waals surface area (Å²) in [5.74, 6) is 2.12. The molecule has 0 unspecified atom stereocenters. The van der Waals surface area contributed by atoms with Gasteiger partial charge in [0.25, 0.3) is 0 Å². The first kappa shape index (κ1) is 20.5. The molecule has 0 amide bonds. The first-order valence-electron chi connectivity index (χ1n) is 10.9. The highest BCUT2D eigenvalue weighted by Crippen LogP contribution is 2.42. The maximum atomic E-state index is 14.4. The molecule has 1 nitrogen and oxygen atoms in total. The number of benzene rings is 1. The Morgan fingerprint density at radius 3 is 2.00 bits per heavy atom. The van der Waals surface area contributed by atoms with Gasteiger partial charge in [0.2, 0.25) is 0 Å². The summed E-state index contributed by atoms with van der Waals surface area (Å²) in [5.41, 5.74) is 0.919. The highest BCUT2D eigenvalue weighted by atomic mass is 19.2. The fraction of sp³-hybridized carbons (Fsp3) is 0.708. The summed E-state index contributed by atoms with van der Waals surface area (Å²) in [6.45, 7) is 6.43. The van der Waals surface area contributed by atoms with Crippen LogP contribution in [0, 0.1) is 35.3 Å². The lowest BCUT2D eigenvalue weighted by Crippen LogP contribution is -2.25. The third kappa shape index (κ3) is 5.39. The summed E-state index contributed by atoms with van der Waals surface area (Å²) in [6.07, 6.45) is 12.5. The van der Waals surface area contributed by atoms with Crippen molar-refractivity contribution in [2.24, 2.45) is 23.7 Å². The molecule has 2 aliphatic rings. The quantitative estimate of drug-likeness (QED) is 0.401. The van der Waals surface area contributed by atoms with Crippen LogP contribution in [0.25, 0.3) is 0 Å². The van der Waals surface area contributed by atoms with Crippen LogP contribution in [0.15, 0.2) is 12.1 Å². The standard InChI is InChI=1S/C24H36F2N/c1-17-4-9-19(10-5-17)20-11-6-18(7-12-20)8-13-21-14-15-22(16-27(2)3)24(26)23(21)25/h14-15,17-20H,2,4-13,16H2,1,3H3/q+1. The minimum Gasteiger partial charge on any atom is -0.240 e. The van der Waals surface area contributed by atoms with E-state index in [0.717, 1.165) is 24.2 Å². The number of nitrogens with zero attached hydrogens (tertiary/aromatic N) is 1. The van der Waals surface area contributed by atoms with Crippen molar-refractivity contribution >= 4 is 6.72 Å². The second-order valence-corrected chi connectivity index (χ2v) is 9.37. The average molecular weight is 377 g/mol. The van der Waals surface area contributed by atoms with E-state index in [0.29, 0.717) is 30.0 Å². The zero-order valence-electron chi connectivity index (χ0n) is 17.2. The molecule has 0 atom stereocenters. The van der Waals surface area contributed by atoms with Crippen LogP contribution in [0.3, 0.4) is 0 Å². The first-order chi connectivity index (χ1) is 12.9. The van der Waals surface area contributed by atoms with Crippen LogP contribution in [0.5, 0.6) is 0 Å². The van der Waals surface area contributed by atoms with Crippen molar-refractivity contribution < 1.29 is 13.4 Å². The van der Waals surface area contributed by atoms with Crippen molar-refractivity contribution in [1.29, 1.82) is 0 Å². The lowest BCUT2D eigenvalue weighted by molar-refractivity contribution is -0.505. The fourth-order valence-corrected chi connectivity index (χ4v) is 5.30. The second-order valence-electron chi connectivity index (χ2n) is 9.37. The van der Waals surface area contributed by atoms with Crippen molar-refractivity contribution in [3.63, 3.8) is 0 Å². The van der Waals surface area contributed by atoms with Gasteiger partial charge in [0.15, 0.2) is 18.2 Å². The number of aryl methyl sites for hydroxylation is 1. The molecule has 3 heteroatoms. The maximum absolute atomic E-state index is 14.4. The molecule has 3 rings (SSSR count). The Morgan fingerprint density at radius 2 is 1.41 bits per heavy atom. The van der Waals surface area contributed by atoms with Gasteiger partial charge >= 0.3 is 0 Å². The molecular formula is C24H36F2N+. The van der Waals surface area contributed by atoms with Crippen LogP contribution in [0.2, 0.25) is 0 Å². The SMILES string of the molecule is C=[N+](C)Cc1ccc(CCC2CCC(C3CCC(C)CC3)CC2)c(F)c1F. The summed E-state index contributed by atoms with van der Waals surface area (Å²) in [5, 5.41) is 0. The van der Waals surface area contributed by atoms with Crippen molar-refractivity contribution in [2.45, 2.75) is 77.7 Å². The van der Waals surface area contributed by atoms with Gasteiger partial charge in [0.05, 0.1) is 5.56 Å². The Kier molecular flexibility index (Phi) is 7.05. The van der Waals surface area contributed by atoms with E-state index in [2.05, 4.69) is 13.6 Å². The molecule has 0 N–H and O–H groups in total. The van der Waals surface area contributed by atoms with Crippen molar-refractivity contribution in [2.75, 3.05) is 7.05 Å². The van der Waals surface area contributed by atoms with Gasteiger partial charge in [-0.15, -0.1) is 0 Å². The maximum Gasteiger partial charge on any atom is 0.170 e. The molecule has 0 saturated heterocycles. The Labute approximate surface area is 163 Å². The minimum absolute atomic E-state index is 0.326. The van der Waals surface area contributed by atoms with Gasteiger partial charge in [-0.3, -0.25) is 0 Å². The third-order valence-electron chi connectivity index (χ3n) is 7.12. The second kappa shape index (κ2) is 9.30. The molecule has 1 aromatic carbocycles. The molecule has 0 spiro atoms. The lowest BCUT2D eigenvalue weighted by Gasteiger charge is -2.37. The highest BCUT2D eigenvalue weighted by Gasteiger charge is 2.30. The molecular weight excluding hydrogens is 340 g/mol. The van der Waals surface area contributed by atoms with Crippen LogP contribution in [-0.2, 0) is 13.0 Å². The van der Waals surface area contributed by atoms with E-state index in [4.69, 9.17) is 0 Å². The smallest absolute Gasteiger partial charge is 0.170 e. The summed E-state index contributed by atoms with van der Waals surface area (Å²) in [4.78, 5) is 0. The van der Waals surface area contributed by atoms with Crippen molar-refractivity contribution in [3.05, 3.63) is 34.9 Å². The minimum atomic E-state index is -0.696. The van der Waals surface area contributed by atoms with Crippen LogP contribution >= 0.6 is 0 Å². The number of hydrogen-bond donors (Lipinski definition) is 0. The third-order valence-corrected chi connectivity index (χ3v) is 7.12. The largest absolute Gasteiger partial charge is 0.240 e. The summed E-state index contributed by atoms with van der Waals surface area (Å²) in [7, 11) is 1.76. The highest BCUT2D eigenvalue weighted by molar-refractivity contribution is 5.26. The number of hydrogen-bond acceptors (Lipinski definition) is 0. The Hall–Kier alpha value is -1.25. The normalized spacial score (nSPS) is 28.9. The van der Waals surface area contributed by atoms with E-state index in [1.807, 2.05) is 0 Å². The zero-order valence-corrected chi connectivity index (χ0v) is 17.2. The Balaban J connectivity index is 1.47. The molecule has 0 bridgehead atoms. The molecule has 2 aliphatic carbocycles. The molecule has 2 fully saturated rings. The van der Waals surface area contributed by atoms with Gasteiger partial charge in [-0.1, -0.05) is 38.7 Å². The molecule has 1 aromatic rings. The van der Waals surface area contributed by atoms with Gasteiger partial charge in [-0.05, 0) is 73.8 Å². The fourth-order valence-electron chi connectivity index (χ4n) is 5.30. The molecule has 0 heterocycles. The van der Waals surface area contributed by atoms with E-state index >= 15 is 0 Å². The van der Waals surface area contributed by atoms with Crippen molar-refractivity contribution in [1.82, 2.24) is 0 Å². The number of rotatable bonds is 6. The Bertz CT molecular complexity index is 638. The van der Waals surface area contributed by atoms with Gasteiger partial charge < -0.3 is 0 Å². The monoisotopic (exact) mass is 376 g/mol. The number of halogens is 2. The molecule has 2 saturated carbocycles. The summed E-state index contributed by atoms with van der Waals surface area (Å²) < 4.78 is 30.2. The van der Waals surface area contributed by atoms with Crippen LogP contribution in [0.4, 0.5) is 8.78 Å². The summed E-state index contributed by atoms with van der Waals surface area (Å²) in [6, 6.07) is 3.49. The zero-order chi connectivity index (χ0) is 19.4. The molecule has 0 radical (unpaired) electrons. The average Bonchev–Trinajstić information content (AvgIpc) is 2.66. The lowest BCUT2D eigenvalue weighted by atomic mass is 9.69. The van der Waals surface area contributed by atoms with Gasteiger partial charge in [-0.2, -0.15) is 0 Å². The summed E-state index contributed by atoms with van der Waals surface area (Å²) >= 11 is 0. The van der Waals surface area contributed by atoms with Crippen LogP contribution in [-0.4, -0.2) is 18.3 Å². The Morgan fingerprint density at radius 1 is 0.889 bits per heavy atom. The topological polar surface area (TPSA) is 3.01 Å². The van der Waals surface area contributed by atoms with Crippen molar-refractivity contribution in [3.8, 4) is 0 Å². The van der Waals surface area contributed by atoms with E-state index in [1.165, 1.54) is 51.4 Å². The first-order valence-corrected chi connectivity index (χ1v) is 10.9.